The first-order valence-electron chi connectivity index (χ1n) is 13.3. The van der Waals surface area contributed by atoms with Crippen molar-refractivity contribution < 1.29 is 14.7 Å². The Morgan fingerprint density at radius 2 is 1.50 bits per heavy atom. The Labute approximate surface area is 196 Å². The van der Waals surface area contributed by atoms with Crippen LogP contribution in [-0.4, -0.2) is 22.8 Å². The molecule has 0 aliphatic heterocycles. The average molecular weight is 443 g/mol. The van der Waals surface area contributed by atoms with Crippen LogP contribution < -0.4 is 0 Å². The number of Topliss-reactive ketones (excluding diaryl/α,β-unsaturated/α-hetero) is 1. The summed E-state index contributed by atoms with van der Waals surface area (Å²) in [5.74, 6) is 0.638. The SMILES string of the molecule is CC(=O)CCCCCCCCCCCCCC(c1ccccc1)C1CCCCC1(O)C=O. The molecule has 0 saturated heterocycles. The van der Waals surface area contributed by atoms with Gasteiger partial charge in [0, 0.05) is 12.3 Å². The van der Waals surface area contributed by atoms with Crippen molar-refractivity contribution in [1.82, 2.24) is 0 Å². The number of benzene rings is 1. The number of aldehydes is 1. The van der Waals surface area contributed by atoms with Gasteiger partial charge < -0.3 is 14.7 Å². The van der Waals surface area contributed by atoms with Gasteiger partial charge in [0.25, 0.3) is 0 Å². The molecule has 0 spiro atoms. The Hall–Kier alpha value is -1.48. The largest absolute Gasteiger partial charge is 0.382 e. The summed E-state index contributed by atoms with van der Waals surface area (Å²) in [6.07, 6.45) is 20.1. The highest BCUT2D eigenvalue weighted by molar-refractivity contribution is 5.75. The number of aliphatic hydroxyl groups is 1. The second-order valence-electron chi connectivity index (χ2n) is 10.1. The van der Waals surface area contributed by atoms with Gasteiger partial charge in [-0.3, -0.25) is 0 Å². The molecule has 1 aromatic rings. The molecule has 32 heavy (non-hydrogen) atoms. The summed E-state index contributed by atoms with van der Waals surface area (Å²) in [5.41, 5.74) is 0.133. The molecule has 1 fully saturated rings. The van der Waals surface area contributed by atoms with Crippen molar-refractivity contribution in [2.75, 3.05) is 0 Å². The lowest BCUT2D eigenvalue weighted by Gasteiger charge is -2.41. The standard InChI is InChI=1S/C29H46O3/c1-25(31)18-12-9-7-5-3-2-4-6-8-10-15-21-27(26-19-13-11-14-20-26)28-22-16-17-23-29(28,32)24-30/h11,13-14,19-20,24,27-28,32H,2-10,12,15-18,21-23H2,1H3. The van der Waals surface area contributed by atoms with Crippen molar-refractivity contribution in [2.24, 2.45) is 5.92 Å². The maximum atomic E-state index is 11.8. The average Bonchev–Trinajstić information content (AvgIpc) is 2.80. The summed E-state index contributed by atoms with van der Waals surface area (Å²) in [7, 11) is 0. The van der Waals surface area contributed by atoms with E-state index in [0.29, 0.717) is 12.2 Å². The predicted octanol–water partition coefficient (Wildman–Crippen LogP) is 7.55. The predicted molar refractivity (Wildman–Crippen MR) is 133 cm³/mol. The minimum atomic E-state index is -1.15. The van der Waals surface area contributed by atoms with Crippen LogP contribution in [0.5, 0.6) is 0 Å². The van der Waals surface area contributed by atoms with Gasteiger partial charge in [-0.1, -0.05) is 107 Å². The molecule has 1 aliphatic carbocycles. The number of rotatable bonds is 17. The molecule has 0 bridgehead atoms. The molecule has 1 N–H and O–H groups in total. The van der Waals surface area contributed by atoms with Gasteiger partial charge >= 0.3 is 0 Å². The normalized spacial score (nSPS) is 21.9. The molecule has 3 nitrogen and oxygen atoms in total. The van der Waals surface area contributed by atoms with Crippen molar-refractivity contribution in [3.8, 4) is 0 Å². The number of hydrogen-bond acceptors (Lipinski definition) is 3. The topological polar surface area (TPSA) is 54.4 Å². The third-order valence-corrected chi connectivity index (χ3v) is 7.45. The number of carbonyl (C=O) groups is 2. The van der Waals surface area contributed by atoms with Gasteiger partial charge in [-0.15, -0.1) is 0 Å². The van der Waals surface area contributed by atoms with E-state index in [-0.39, 0.29) is 11.8 Å². The quantitative estimate of drug-likeness (QED) is 0.200. The fraction of sp³-hybridized carbons (Fsp3) is 0.724. The molecular weight excluding hydrogens is 396 g/mol. The summed E-state index contributed by atoms with van der Waals surface area (Å²) >= 11 is 0. The third kappa shape index (κ3) is 9.57. The van der Waals surface area contributed by atoms with Crippen LogP contribution in [0.15, 0.2) is 30.3 Å². The van der Waals surface area contributed by atoms with Gasteiger partial charge in [-0.25, -0.2) is 0 Å². The molecule has 0 heterocycles. The number of unbranched alkanes of at least 4 members (excludes halogenated alkanes) is 10. The van der Waals surface area contributed by atoms with E-state index >= 15 is 0 Å². The van der Waals surface area contributed by atoms with Crippen LogP contribution in [0.1, 0.15) is 128 Å². The van der Waals surface area contributed by atoms with Crippen LogP contribution in [0, 0.1) is 5.92 Å². The van der Waals surface area contributed by atoms with Gasteiger partial charge in [0.15, 0.2) is 6.29 Å². The molecule has 180 valence electrons. The fourth-order valence-corrected chi connectivity index (χ4v) is 5.53. The monoisotopic (exact) mass is 442 g/mol. The second-order valence-corrected chi connectivity index (χ2v) is 10.1. The Bertz CT molecular complexity index is 641. The van der Waals surface area contributed by atoms with Gasteiger partial charge in [-0.2, -0.15) is 0 Å². The molecule has 3 atom stereocenters. The maximum absolute atomic E-state index is 11.8. The highest BCUT2D eigenvalue weighted by Crippen LogP contribution is 2.44. The van der Waals surface area contributed by atoms with E-state index in [1.165, 1.54) is 69.8 Å². The van der Waals surface area contributed by atoms with E-state index < -0.39 is 5.60 Å². The van der Waals surface area contributed by atoms with Gasteiger partial charge in [0.1, 0.15) is 11.4 Å². The molecule has 3 unspecified atom stereocenters. The first-order chi connectivity index (χ1) is 15.6. The number of ketones is 1. The van der Waals surface area contributed by atoms with Crippen LogP contribution in [0.3, 0.4) is 0 Å². The summed E-state index contributed by atoms with van der Waals surface area (Å²) in [6.45, 7) is 1.68. The first-order valence-corrected chi connectivity index (χ1v) is 13.3. The van der Waals surface area contributed by atoms with Gasteiger partial charge in [0.05, 0.1) is 0 Å². The molecule has 1 saturated carbocycles. The van der Waals surface area contributed by atoms with Crippen molar-refractivity contribution >= 4 is 12.1 Å². The van der Waals surface area contributed by atoms with E-state index in [2.05, 4.69) is 24.3 Å². The van der Waals surface area contributed by atoms with Crippen molar-refractivity contribution in [2.45, 2.75) is 128 Å². The number of hydrogen-bond donors (Lipinski definition) is 1. The summed E-state index contributed by atoms with van der Waals surface area (Å²) in [4.78, 5) is 22.7. The zero-order valence-electron chi connectivity index (χ0n) is 20.4. The zero-order chi connectivity index (χ0) is 23.1. The second kappa shape index (κ2) is 15.4. The van der Waals surface area contributed by atoms with Gasteiger partial charge in [-0.05, 0) is 44.1 Å². The fourth-order valence-electron chi connectivity index (χ4n) is 5.53. The van der Waals surface area contributed by atoms with Crippen LogP contribution >= 0.6 is 0 Å². The van der Waals surface area contributed by atoms with Crippen LogP contribution in [0.2, 0.25) is 0 Å². The highest BCUT2D eigenvalue weighted by Gasteiger charge is 2.43. The van der Waals surface area contributed by atoms with E-state index in [9.17, 15) is 14.7 Å². The molecule has 3 heteroatoms. The van der Waals surface area contributed by atoms with Crippen LogP contribution in [-0.2, 0) is 9.59 Å². The summed E-state index contributed by atoms with van der Waals surface area (Å²) in [5, 5.41) is 11.0. The smallest absolute Gasteiger partial charge is 0.151 e. The minimum absolute atomic E-state index is 0.0478. The molecule has 2 rings (SSSR count). The van der Waals surface area contributed by atoms with Crippen LogP contribution in [0.25, 0.3) is 0 Å². The van der Waals surface area contributed by atoms with Crippen molar-refractivity contribution in [3.63, 3.8) is 0 Å². The highest BCUT2D eigenvalue weighted by atomic mass is 16.3. The molecule has 0 radical (unpaired) electrons. The van der Waals surface area contributed by atoms with Crippen molar-refractivity contribution in [3.05, 3.63) is 35.9 Å². The first kappa shape index (κ1) is 26.8. The molecule has 1 aliphatic rings. The zero-order valence-corrected chi connectivity index (χ0v) is 20.4. The Morgan fingerprint density at radius 1 is 0.938 bits per heavy atom. The molecule has 1 aromatic carbocycles. The van der Waals surface area contributed by atoms with Crippen molar-refractivity contribution in [1.29, 1.82) is 0 Å². The lowest BCUT2D eigenvalue weighted by molar-refractivity contribution is -0.135. The Kier molecular flexibility index (Phi) is 12.9. The lowest BCUT2D eigenvalue weighted by Crippen LogP contribution is -2.45. The third-order valence-electron chi connectivity index (χ3n) is 7.45. The molecule has 0 aromatic heterocycles. The molecular formula is C29H46O3. The lowest BCUT2D eigenvalue weighted by atomic mass is 9.66. The summed E-state index contributed by atoms with van der Waals surface area (Å²) in [6, 6.07) is 10.5. The van der Waals surface area contributed by atoms with Gasteiger partial charge in [0.2, 0.25) is 0 Å². The minimum Gasteiger partial charge on any atom is -0.382 e. The van der Waals surface area contributed by atoms with E-state index in [0.717, 1.165) is 44.8 Å². The van der Waals surface area contributed by atoms with E-state index in [1.807, 2.05) is 6.07 Å². The summed E-state index contributed by atoms with van der Waals surface area (Å²) < 4.78 is 0. The number of carbonyl (C=O) groups excluding carboxylic acids is 2. The Balaban J connectivity index is 1.64. The van der Waals surface area contributed by atoms with Crippen LogP contribution in [0.4, 0.5) is 0 Å². The molecule has 0 amide bonds. The van der Waals surface area contributed by atoms with E-state index in [1.54, 1.807) is 6.92 Å². The Morgan fingerprint density at radius 3 is 2.06 bits per heavy atom. The van der Waals surface area contributed by atoms with E-state index in [4.69, 9.17) is 0 Å². The maximum Gasteiger partial charge on any atom is 0.151 e.